The minimum atomic E-state index is -0.456. The van der Waals surface area contributed by atoms with Crippen LogP contribution in [0.1, 0.15) is 11.1 Å². The lowest BCUT2D eigenvalue weighted by Gasteiger charge is -2.21. The van der Waals surface area contributed by atoms with Crippen LogP contribution in [0.3, 0.4) is 0 Å². The largest absolute Gasteiger partial charge is 0.495 e. The van der Waals surface area contributed by atoms with Gasteiger partial charge in [-0.05, 0) is 40.6 Å². The third kappa shape index (κ3) is 3.39. The molecule has 0 spiro atoms. The summed E-state index contributed by atoms with van der Waals surface area (Å²) >= 11 is 9.84. The van der Waals surface area contributed by atoms with Gasteiger partial charge in [-0.2, -0.15) is 0 Å². The Hall–Kier alpha value is -1.66. The molecular formula is C17H19BrClNO4. The number of methoxy groups -OCH3 is 4. The first-order chi connectivity index (χ1) is 11.5. The summed E-state index contributed by atoms with van der Waals surface area (Å²) in [5.74, 6) is 2.29. The number of aryl methyl sites for hydroxylation is 1. The van der Waals surface area contributed by atoms with Crippen molar-refractivity contribution in [3.63, 3.8) is 0 Å². The quantitative estimate of drug-likeness (QED) is 0.671. The number of hydrogen-bond acceptors (Lipinski definition) is 5. The van der Waals surface area contributed by atoms with Gasteiger partial charge in [0.15, 0.2) is 11.5 Å². The molecule has 0 radical (unpaired) electrons. The fraction of sp³-hybridized carbons (Fsp3) is 0.353. The van der Waals surface area contributed by atoms with Crippen molar-refractivity contribution in [2.24, 2.45) is 4.99 Å². The van der Waals surface area contributed by atoms with E-state index in [1.807, 2.05) is 19.1 Å². The van der Waals surface area contributed by atoms with Crippen LogP contribution in [0, 0.1) is 6.92 Å². The van der Waals surface area contributed by atoms with E-state index in [1.165, 1.54) is 0 Å². The molecule has 0 saturated carbocycles. The molecule has 1 unspecified atom stereocenters. The Morgan fingerprint density at radius 2 is 1.75 bits per heavy atom. The Morgan fingerprint density at radius 3 is 2.29 bits per heavy atom. The fourth-order valence-electron chi connectivity index (χ4n) is 2.46. The number of halogens is 2. The molecule has 24 heavy (non-hydrogen) atoms. The number of ether oxygens (including phenoxy) is 4. The standard InChI is InChI=1S/C17H19BrClNO4/c1-9-6-12(21-2)16(24-5)15(23-4)10(9)7-11-13(22-3)8-20-17(18)14(11)19/h6-8,14H,1-5H3. The monoisotopic (exact) mass is 415 g/mol. The minimum absolute atomic E-state index is 0.456. The number of aliphatic imine (C=N–C) groups is 1. The van der Waals surface area contributed by atoms with E-state index < -0.39 is 5.38 Å². The molecule has 5 nitrogen and oxygen atoms in total. The molecule has 0 amide bonds. The van der Waals surface area contributed by atoms with E-state index in [2.05, 4.69) is 20.9 Å². The molecule has 2 rings (SSSR count). The van der Waals surface area contributed by atoms with Crippen LogP contribution in [0.4, 0.5) is 0 Å². The molecule has 1 aromatic rings. The maximum absolute atomic E-state index is 6.47. The van der Waals surface area contributed by atoms with Gasteiger partial charge in [0.05, 0.1) is 34.6 Å². The van der Waals surface area contributed by atoms with Gasteiger partial charge < -0.3 is 18.9 Å². The van der Waals surface area contributed by atoms with E-state index in [4.69, 9.17) is 30.5 Å². The number of alkyl halides is 1. The van der Waals surface area contributed by atoms with Crippen LogP contribution in [-0.2, 0) is 4.74 Å². The fourth-order valence-corrected chi connectivity index (χ4v) is 3.04. The lowest BCUT2D eigenvalue weighted by Crippen LogP contribution is -2.17. The first-order valence-corrected chi connectivity index (χ1v) is 8.34. The zero-order chi connectivity index (χ0) is 17.9. The second kappa shape index (κ2) is 7.94. The van der Waals surface area contributed by atoms with Crippen molar-refractivity contribution in [3.05, 3.63) is 34.7 Å². The van der Waals surface area contributed by atoms with E-state index in [1.54, 1.807) is 34.6 Å². The second-order valence-corrected chi connectivity index (χ2v) is 6.24. The molecule has 0 N–H and O–H groups in total. The lowest BCUT2D eigenvalue weighted by atomic mass is 10.00. The molecule has 0 aromatic heterocycles. The van der Waals surface area contributed by atoms with Crippen LogP contribution in [0.2, 0.25) is 0 Å². The highest BCUT2D eigenvalue weighted by atomic mass is 79.9. The highest BCUT2D eigenvalue weighted by Crippen LogP contribution is 2.43. The summed E-state index contributed by atoms with van der Waals surface area (Å²) in [6.45, 7) is 1.96. The van der Waals surface area contributed by atoms with Gasteiger partial charge in [-0.3, -0.25) is 0 Å². The third-order valence-corrected chi connectivity index (χ3v) is 5.03. The summed E-state index contributed by atoms with van der Waals surface area (Å²) < 4.78 is 22.4. The van der Waals surface area contributed by atoms with Crippen LogP contribution in [-0.4, -0.2) is 38.4 Å². The van der Waals surface area contributed by atoms with E-state index in [0.29, 0.717) is 27.6 Å². The molecule has 0 fully saturated rings. The summed E-state index contributed by atoms with van der Waals surface area (Å²) in [6, 6.07) is 1.89. The zero-order valence-electron chi connectivity index (χ0n) is 14.1. The Morgan fingerprint density at radius 1 is 1.08 bits per heavy atom. The lowest BCUT2D eigenvalue weighted by molar-refractivity contribution is 0.299. The van der Waals surface area contributed by atoms with Gasteiger partial charge in [0.25, 0.3) is 0 Å². The number of nitrogens with zero attached hydrogens (tertiary/aromatic N) is 1. The van der Waals surface area contributed by atoms with E-state index in [-0.39, 0.29) is 0 Å². The van der Waals surface area contributed by atoms with Crippen molar-refractivity contribution < 1.29 is 18.9 Å². The molecule has 130 valence electrons. The SMILES string of the molecule is COC1=CN=C(Br)C(Cl)C1=Cc1c(C)cc(OC)c(OC)c1OC. The number of benzene rings is 1. The Balaban J connectivity index is 2.68. The van der Waals surface area contributed by atoms with Crippen molar-refractivity contribution in [2.75, 3.05) is 28.4 Å². The van der Waals surface area contributed by atoms with Crippen molar-refractivity contribution in [3.8, 4) is 17.2 Å². The molecule has 1 aliphatic heterocycles. The van der Waals surface area contributed by atoms with E-state index in [9.17, 15) is 0 Å². The summed E-state index contributed by atoms with van der Waals surface area (Å²) in [7, 11) is 6.32. The summed E-state index contributed by atoms with van der Waals surface area (Å²) in [5.41, 5.74) is 2.56. The zero-order valence-corrected chi connectivity index (χ0v) is 16.5. The molecular weight excluding hydrogens is 398 g/mol. The number of hydrogen-bond donors (Lipinski definition) is 0. The highest BCUT2D eigenvalue weighted by Gasteiger charge is 2.26. The van der Waals surface area contributed by atoms with Gasteiger partial charge in [-0.25, -0.2) is 4.99 Å². The van der Waals surface area contributed by atoms with Crippen LogP contribution in [0.5, 0.6) is 17.2 Å². The summed E-state index contributed by atoms with van der Waals surface area (Å²) in [6.07, 6.45) is 3.54. The van der Waals surface area contributed by atoms with Gasteiger partial charge in [-0.1, -0.05) is 0 Å². The summed E-state index contributed by atoms with van der Waals surface area (Å²) in [5, 5.41) is -0.456. The maximum Gasteiger partial charge on any atom is 0.203 e. The van der Waals surface area contributed by atoms with Crippen molar-refractivity contribution in [2.45, 2.75) is 12.3 Å². The van der Waals surface area contributed by atoms with Crippen molar-refractivity contribution in [1.29, 1.82) is 0 Å². The molecule has 1 aliphatic rings. The van der Waals surface area contributed by atoms with Crippen LogP contribution in [0.25, 0.3) is 6.08 Å². The third-order valence-electron chi connectivity index (χ3n) is 3.67. The van der Waals surface area contributed by atoms with Gasteiger partial charge in [0.1, 0.15) is 15.8 Å². The Bertz CT molecular complexity index is 728. The second-order valence-electron chi connectivity index (χ2n) is 4.99. The molecule has 1 atom stereocenters. The topological polar surface area (TPSA) is 49.3 Å². The average molecular weight is 417 g/mol. The number of allylic oxidation sites excluding steroid dienone is 1. The minimum Gasteiger partial charge on any atom is -0.495 e. The molecule has 0 bridgehead atoms. The van der Waals surface area contributed by atoms with Crippen molar-refractivity contribution >= 4 is 38.2 Å². The molecule has 0 aliphatic carbocycles. The van der Waals surface area contributed by atoms with Gasteiger partial charge in [0.2, 0.25) is 5.75 Å². The predicted octanol–water partition coefficient (Wildman–Crippen LogP) is 4.31. The van der Waals surface area contributed by atoms with E-state index >= 15 is 0 Å². The first kappa shape index (κ1) is 18.7. The van der Waals surface area contributed by atoms with Gasteiger partial charge in [-0.15, -0.1) is 11.6 Å². The number of rotatable bonds is 5. The van der Waals surface area contributed by atoms with Gasteiger partial charge >= 0.3 is 0 Å². The van der Waals surface area contributed by atoms with Crippen LogP contribution >= 0.6 is 27.5 Å². The Labute approximate surface area is 155 Å². The van der Waals surface area contributed by atoms with E-state index in [0.717, 1.165) is 16.7 Å². The summed E-state index contributed by atoms with van der Waals surface area (Å²) in [4.78, 5) is 4.18. The van der Waals surface area contributed by atoms with Crippen LogP contribution < -0.4 is 14.2 Å². The van der Waals surface area contributed by atoms with Crippen molar-refractivity contribution in [1.82, 2.24) is 0 Å². The molecule has 0 saturated heterocycles. The molecule has 1 heterocycles. The Kier molecular flexibility index (Phi) is 6.18. The average Bonchev–Trinajstić information content (AvgIpc) is 2.59. The predicted molar refractivity (Wildman–Crippen MR) is 99.9 cm³/mol. The molecule has 7 heteroatoms. The normalized spacial score (nSPS) is 18.8. The smallest absolute Gasteiger partial charge is 0.203 e. The highest BCUT2D eigenvalue weighted by molar-refractivity contribution is 9.18. The van der Waals surface area contributed by atoms with Gasteiger partial charge in [0, 0.05) is 11.1 Å². The maximum atomic E-state index is 6.47. The first-order valence-electron chi connectivity index (χ1n) is 7.11. The molecule has 1 aromatic carbocycles. The van der Waals surface area contributed by atoms with Crippen LogP contribution in [0.15, 0.2) is 28.6 Å².